The molecule has 0 fully saturated rings. The summed E-state index contributed by atoms with van der Waals surface area (Å²) in [5, 5.41) is 4.39. The summed E-state index contributed by atoms with van der Waals surface area (Å²) in [4.78, 5) is 15.2. The summed E-state index contributed by atoms with van der Waals surface area (Å²) in [7, 11) is 1.53. The highest BCUT2D eigenvalue weighted by atomic mass is 35.5. The first kappa shape index (κ1) is 10.9. The molecule has 0 N–H and O–H groups in total. The monoisotopic (exact) mass is 239 g/mol. The van der Waals surface area contributed by atoms with E-state index in [4.69, 9.17) is 16.0 Å². The summed E-state index contributed by atoms with van der Waals surface area (Å²) < 4.78 is 6.15. The molecule has 16 heavy (non-hydrogen) atoms. The highest BCUT2D eigenvalue weighted by Crippen LogP contribution is 2.25. The van der Waals surface area contributed by atoms with Crippen LogP contribution in [0.1, 0.15) is 12.5 Å². The lowest BCUT2D eigenvalue weighted by Crippen LogP contribution is -2.09. The fraction of sp³-hybridized carbons (Fsp3) is 0.300. The number of hydrogen-bond donors (Lipinski definition) is 0. The van der Waals surface area contributed by atoms with Gasteiger partial charge < -0.3 is 4.42 Å². The smallest absolute Gasteiger partial charge is 0.388 e. The second-order valence-electron chi connectivity index (χ2n) is 3.28. The van der Waals surface area contributed by atoms with Crippen molar-refractivity contribution in [3.8, 4) is 11.5 Å². The maximum Gasteiger partial charge on any atom is 0.437 e. The molecule has 0 amide bonds. The van der Waals surface area contributed by atoms with Gasteiger partial charge in [0, 0.05) is 24.4 Å². The van der Waals surface area contributed by atoms with Gasteiger partial charge in [0.2, 0.25) is 5.89 Å². The van der Waals surface area contributed by atoms with E-state index in [9.17, 15) is 4.79 Å². The average Bonchev–Trinajstić information content (AvgIpc) is 2.59. The largest absolute Gasteiger partial charge is 0.437 e. The Kier molecular flexibility index (Phi) is 2.78. The number of rotatable bonds is 2. The molecule has 0 bridgehead atoms. The van der Waals surface area contributed by atoms with Crippen LogP contribution < -0.4 is 5.76 Å². The normalized spacial score (nSPS) is 10.7. The van der Waals surface area contributed by atoms with Gasteiger partial charge in [-0.25, -0.2) is 9.78 Å². The number of aryl methyl sites for hydroxylation is 1. The third kappa shape index (κ3) is 1.74. The Morgan fingerprint density at radius 3 is 2.88 bits per heavy atom. The molecule has 2 aromatic rings. The van der Waals surface area contributed by atoms with Crippen molar-refractivity contribution in [1.29, 1.82) is 0 Å². The van der Waals surface area contributed by atoms with E-state index >= 15 is 0 Å². The van der Waals surface area contributed by atoms with Gasteiger partial charge in [-0.2, -0.15) is 4.68 Å². The molecule has 2 heterocycles. The Labute approximate surface area is 96.7 Å². The minimum absolute atomic E-state index is 0.272. The zero-order chi connectivity index (χ0) is 11.7. The topological polar surface area (TPSA) is 60.9 Å². The fourth-order valence-electron chi connectivity index (χ4n) is 1.46. The number of nitrogens with zero attached hydrogens (tertiary/aromatic N) is 3. The molecule has 0 aliphatic rings. The van der Waals surface area contributed by atoms with Gasteiger partial charge in [0.15, 0.2) is 0 Å². The zero-order valence-corrected chi connectivity index (χ0v) is 9.65. The first-order chi connectivity index (χ1) is 7.63. The number of hydrogen-bond acceptors (Lipinski definition) is 4. The number of halogens is 1. The molecule has 6 heteroatoms. The third-order valence-corrected chi connectivity index (χ3v) is 2.60. The summed E-state index contributed by atoms with van der Waals surface area (Å²) in [5.41, 5.74) is 1.53. The molecular formula is C10H10ClN3O2. The molecule has 2 rings (SSSR count). The van der Waals surface area contributed by atoms with Gasteiger partial charge in [-0.05, 0) is 12.5 Å². The molecule has 5 nitrogen and oxygen atoms in total. The van der Waals surface area contributed by atoms with Crippen molar-refractivity contribution in [3.05, 3.63) is 33.5 Å². The van der Waals surface area contributed by atoms with Crippen LogP contribution in [0.15, 0.2) is 21.5 Å². The van der Waals surface area contributed by atoms with Crippen LogP contribution in [0.3, 0.4) is 0 Å². The number of aromatic nitrogens is 3. The molecule has 0 spiro atoms. The fourth-order valence-corrected chi connectivity index (χ4v) is 1.75. The molecule has 0 radical (unpaired) electrons. The van der Waals surface area contributed by atoms with Crippen molar-refractivity contribution in [3.63, 3.8) is 0 Å². The minimum atomic E-state index is -0.495. The summed E-state index contributed by atoms with van der Waals surface area (Å²) in [6, 6.07) is 1.73. The Bertz CT molecular complexity index is 574. The molecule has 0 atom stereocenters. The predicted octanol–water partition coefficient (Wildman–Crippen LogP) is 1.65. The Hall–Kier alpha value is -1.62. The minimum Gasteiger partial charge on any atom is -0.388 e. The van der Waals surface area contributed by atoms with Crippen LogP contribution in [0.2, 0.25) is 5.15 Å². The second kappa shape index (κ2) is 4.09. The van der Waals surface area contributed by atoms with Crippen LogP contribution in [0.4, 0.5) is 0 Å². The summed E-state index contributed by atoms with van der Waals surface area (Å²) in [6.45, 7) is 1.95. The van der Waals surface area contributed by atoms with E-state index in [-0.39, 0.29) is 5.89 Å². The molecule has 0 aliphatic carbocycles. The van der Waals surface area contributed by atoms with E-state index in [0.717, 1.165) is 10.2 Å². The van der Waals surface area contributed by atoms with E-state index in [1.807, 2.05) is 6.92 Å². The number of pyridine rings is 1. The van der Waals surface area contributed by atoms with Crippen LogP contribution in [0, 0.1) is 0 Å². The highest BCUT2D eigenvalue weighted by molar-refractivity contribution is 6.30. The Balaban J connectivity index is 2.64. The molecule has 0 aliphatic heterocycles. The lowest BCUT2D eigenvalue weighted by molar-refractivity contribution is 0.505. The van der Waals surface area contributed by atoms with Gasteiger partial charge in [-0.1, -0.05) is 18.5 Å². The molecule has 84 valence electrons. The van der Waals surface area contributed by atoms with Crippen molar-refractivity contribution >= 4 is 11.6 Å². The van der Waals surface area contributed by atoms with Crippen molar-refractivity contribution in [2.45, 2.75) is 13.3 Å². The Morgan fingerprint density at radius 1 is 1.56 bits per heavy atom. The molecule has 0 unspecified atom stereocenters. The standard InChI is InChI=1S/C10H10ClN3O2/c1-3-6-7(4-5-12-8(6)11)9-13-14(2)10(15)16-9/h4-5H,3H2,1-2H3. The van der Waals surface area contributed by atoms with Crippen LogP contribution in [0.25, 0.3) is 11.5 Å². The first-order valence-corrected chi connectivity index (χ1v) is 5.19. The van der Waals surface area contributed by atoms with Crippen molar-refractivity contribution in [2.75, 3.05) is 0 Å². The van der Waals surface area contributed by atoms with Gasteiger partial charge in [0.25, 0.3) is 0 Å². The maximum atomic E-state index is 11.2. The lowest BCUT2D eigenvalue weighted by Gasteiger charge is -2.04. The van der Waals surface area contributed by atoms with Crippen LogP contribution in [-0.4, -0.2) is 14.8 Å². The van der Waals surface area contributed by atoms with Gasteiger partial charge in [-0.15, -0.1) is 5.10 Å². The van der Waals surface area contributed by atoms with Crippen LogP contribution in [-0.2, 0) is 13.5 Å². The molecule has 2 aromatic heterocycles. The van der Waals surface area contributed by atoms with Crippen molar-refractivity contribution < 1.29 is 4.42 Å². The van der Waals surface area contributed by atoms with E-state index < -0.39 is 5.76 Å². The van der Waals surface area contributed by atoms with E-state index in [1.54, 1.807) is 12.3 Å². The third-order valence-electron chi connectivity index (χ3n) is 2.28. The first-order valence-electron chi connectivity index (χ1n) is 4.81. The summed E-state index contributed by atoms with van der Waals surface area (Å²) >= 11 is 5.96. The lowest BCUT2D eigenvalue weighted by atomic mass is 10.1. The molecule has 0 saturated carbocycles. The average molecular weight is 240 g/mol. The molecule has 0 saturated heterocycles. The SMILES string of the molecule is CCc1c(-c2nn(C)c(=O)o2)ccnc1Cl. The van der Waals surface area contributed by atoms with Crippen molar-refractivity contribution in [2.24, 2.45) is 7.05 Å². The van der Waals surface area contributed by atoms with Gasteiger partial charge >= 0.3 is 5.76 Å². The highest BCUT2D eigenvalue weighted by Gasteiger charge is 2.14. The Morgan fingerprint density at radius 2 is 2.31 bits per heavy atom. The summed E-state index contributed by atoms with van der Waals surface area (Å²) in [5.74, 6) is -0.223. The van der Waals surface area contributed by atoms with Crippen molar-refractivity contribution in [1.82, 2.24) is 14.8 Å². The predicted molar refractivity (Wildman–Crippen MR) is 59.4 cm³/mol. The molecular weight excluding hydrogens is 230 g/mol. The van der Waals surface area contributed by atoms with Crippen LogP contribution >= 0.6 is 11.6 Å². The van der Waals surface area contributed by atoms with Gasteiger partial charge in [0.05, 0.1) is 0 Å². The van der Waals surface area contributed by atoms with E-state index in [1.165, 1.54) is 7.05 Å². The van der Waals surface area contributed by atoms with Crippen LogP contribution in [0.5, 0.6) is 0 Å². The maximum absolute atomic E-state index is 11.2. The van der Waals surface area contributed by atoms with Gasteiger partial charge in [0.1, 0.15) is 5.15 Å². The zero-order valence-electron chi connectivity index (χ0n) is 8.90. The van der Waals surface area contributed by atoms with E-state index in [2.05, 4.69) is 10.1 Å². The molecule has 0 aromatic carbocycles. The second-order valence-corrected chi connectivity index (χ2v) is 3.64. The quantitative estimate of drug-likeness (QED) is 0.748. The van der Waals surface area contributed by atoms with Gasteiger partial charge in [-0.3, -0.25) is 0 Å². The summed E-state index contributed by atoms with van der Waals surface area (Å²) in [6.07, 6.45) is 2.26. The van der Waals surface area contributed by atoms with E-state index in [0.29, 0.717) is 17.1 Å².